The summed E-state index contributed by atoms with van der Waals surface area (Å²) in [4.78, 5) is 1.98. The third-order valence-electron chi connectivity index (χ3n) is 1.96. The van der Waals surface area contributed by atoms with Gasteiger partial charge < -0.3 is 0 Å². The lowest BCUT2D eigenvalue weighted by Gasteiger charge is -2.05. The Kier molecular flexibility index (Phi) is 5.60. The molecule has 0 N–H and O–H groups in total. The number of unbranched alkanes of at least 4 members (excludes halogenated alkanes) is 2. The van der Waals surface area contributed by atoms with Gasteiger partial charge in [-0.25, -0.2) is 0 Å². The molecule has 1 aromatic heterocycles. The Morgan fingerprint density at radius 1 is 1.38 bits per heavy atom. The van der Waals surface area contributed by atoms with Gasteiger partial charge in [-0.2, -0.15) is 0 Å². The van der Waals surface area contributed by atoms with Crippen molar-refractivity contribution in [2.45, 2.75) is 37.4 Å². The second kappa shape index (κ2) is 6.20. The molecule has 1 atom stereocenters. The fourth-order valence-corrected chi connectivity index (χ4v) is 3.41. The molecule has 74 valence electrons. The van der Waals surface area contributed by atoms with E-state index in [4.69, 9.17) is 0 Å². The summed E-state index contributed by atoms with van der Waals surface area (Å²) in [6, 6.07) is 4.31. The summed E-state index contributed by atoms with van der Waals surface area (Å²) in [5.41, 5.74) is 0. The summed E-state index contributed by atoms with van der Waals surface area (Å²) >= 11 is 9.02. The van der Waals surface area contributed by atoms with Gasteiger partial charge in [-0.05, 0) is 34.5 Å². The summed E-state index contributed by atoms with van der Waals surface area (Å²) in [5.74, 6) is 0. The van der Waals surface area contributed by atoms with Crippen LogP contribution in [0.1, 0.15) is 42.3 Å². The topological polar surface area (TPSA) is 0 Å². The minimum atomic E-state index is 0.551. The summed E-state index contributed by atoms with van der Waals surface area (Å²) in [6.45, 7) is 2.24. The van der Waals surface area contributed by atoms with Crippen molar-refractivity contribution < 1.29 is 0 Å². The minimum absolute atomic E-state index is 0.551. The van der Waals surface area contributed by atoms with Crippen LogP contribution < -0.4 is 0 Å². The molecule has 1 rings (SSSR count). The Labute approximate surface area is 101 Å². The predicted molar refractivity (Wildman–Crippen MR) is 67.8 cm³/mol. The molecule has 0 aliphatic carbocycles. The van der Waals surface area contributed by atoms with Gasteiger partial charge in [-0.3, -0.25) is 0 Å². The van der Waals surface area contributed by atoms with Gasteiger partial charge in [0.25, 0.3) is 0 Å². The Hall–Kier alpha value is 0.660. The van der Waals surface area contributed by atoms with Gasteiger partial charge in [0, 0.05) is 9.70 Å². The van der Waals surface area contributed by atoms with Crippen molar-refractivity contribution in [1.29, 1.82) is 0 Å². The molecule has 0 aliphatic rings. The molecule has 0 fully saturated rings. The van der Waals surface area contributed by atoms with Gasteiger partial charge >= 0.3 is 0 Å². The van der Waals surface area contributed by atoms with Crippen molar-refractivity contribution >= 4 is 43.2 Å². The van der Waals surface area contributed by atoms with E-state index < -0.39 is 0 Å². The minimum Gasteiger partial charge on any atom is -0.132 e. The second-order valence-electron chi connectivity index (χ2n) is 3.11. The van der Waals surface area contributed by atoms with Gasteiger partial charge in [0.05, 0.1) is 3.79 Å². The van der Waals surface area contributed by atoms with E-state index in [1.807, 2.05) is 11.3 Å². The number of thiophene rings is 1. The van der Waals surface area contributed by atoms with E-state index in [1.54, 1.807) is 0 Å². The molecule has 0 amide bonds. The van der Waals surface area contributed by atoms with Gasteiger partial charge in [0.15, 0.2) is 0 Å². The molecule has 0 bridgehead atoms. The molecule has 1 aromatic rings. The molecule has 0 nitrogen and oxygen atoms in total. The molecular formula is C10H14Br2S. The average Bonchev–Trinajstić information content (AvgIpc) is 2.52. The first-order valence-corrected chi connectivity index (χ1v) is 7.16. The zero-order valence-corrected chi connectivity index (χ0v) is 11.7. The Morgan fingerprint density at radius 3 is 2.69 bits per heavy atom. The second-order valence-corrected chi connectivity index (χ2v) is 6.71. The standard InChI is InChI=1S/C10H14Br2S/c1-2-3-4-5-8(11)9-6-7-10(12)13-9/h6-8H,2-5H2,1H3. The lowest BCUT2D eigenvalue weighted by atomic mass is 10.1. The van der Waals surface area contributed by atoms with E-state index in [9.17, 15) is 0 Å². The molecule has 13 heavy (non-hydrogen) atoms. The lowest BCUT2D eigenvalue weighted by molar-refractivity contribution is 0.667. The Morgan fingerprint density at radius 2 is 2.15 bits per heavy atom. The van der Waals surface area contributed by atoms with E-state index >= 15 is 0 Å². The van der Waals surface area contributed by atoms with Gasteiger partial charge in [0.1, 0.15) is 0 Å². The van der Waals surface area contributed by atoms with Crippen LogP contribution >= 0.6 is 43.2 Å². The van der Waals surface area contributed by atoms with E-state index in [0.717, 1.165) is 0 Å². The molecule has 1 unspecified atom stereocenters. The predicted octanol–water partition coefficient (Wildman–Crippen LogP) is 5.53. The zero-order valence-electron chi connectivity index (χ0n) is 7.72. The average molecular weight is 326 g/mol. The maximum Gasteiger partial charge on any atom is 0.0701 e. The number of hydrogen-bond donors (Lipinski definition) is 0. The van der Waals surface area contributed by atoms with Crippen LogP contribution in [0.5, 0.6) is 0 Å². The van der Waals surface area contributed by atoms with Crippen LogP contribution in [0.25, 0.3) is 0 Å². The third kappa shape index (κ3) is 4.13. The number of rotatable bonds is 5. The Bertz CT molecular complexity index is 245. The monoisotopic (exact) mass is 324 g/mol. The smallest absolute Gasteiger partial charge is 0.0701 e. The van der Waals surface area contributed by atoms with E-state index in [1.165, 1.54) is 34.3 Å². The van der Waals surface area contributed by atoms with Crippen molar-refractivity contribution in [3.05, 3.63) is 20.8 Å². The van der Waals surface area contributed by atoms with Crippen molar-refractivity contribution in [1.82, 2.24) is 0 Å². The van der Waals surface area contributed by atoms with Crippen molar-refractivity contribution in [2.75, 3.05) is 0 Å². The molecule has 0 aromatic carbocycles. The first-order valence-electron chi connectivity index (χ1n) is 4.63. The van der Waals surface area contributed by atoms with Gasteiger partial charge in [0.2, 0.25) is 0 Å². The molecule has 0 saturated carbocycles. The molecular weight excluding hydrogens is 312 g/mol. The van der Waals surface area contributed by atoms with Gasteiger partial charge in [-0.15, -0.1) is 11.3 Å². The van der Waals surface area contributed by atoms with E-state index in [2.05, 4.69) is 50.9 Å². The zero-order chi connectivity index (χ0) is 9.68. The molecule has 0 aliphatic heterocycles. The van der Waals surface area contributed by atoms with Crippen molar-refractivity contribution in [3.8, 4) is 0 Å². The maximum absolute atomic E-state index is 3.72. The van der Waals surface area contributed by atoms with Crippen molar-refractivity contribution in [3.63, 3.8) is 0 Å². The van der Waals surface area contributed by atoms with Crippen LogP contribution in [0.4, 0.5) is 0 Å². The normalized spacial score (nSPS) is 13.2. The van der Waals surface area contributed by atoms with Crippen LogP contribution in [0.15, 0.2) is 15.9 Å². The van der Waals surface area contributed by atoms with Crippen LogP contribution in [0, 0.1) is 0 Å². The molecule has 0 spiro atoms. The summed E-state index contributed by atoms with van der Waals surface area (Å²) in [5, 5.41) is 0. The largest absolute Gasteiger partial charge is 0.132 e. The number of hydrogen-bond acceptors (Lipinski definition) is 1. The number of alkyl halides is 1. The highest BCUT2D eigenvalue weighted by Gasteiger charge is 2.08. The SMILES string of the molecule is CCCCCC(Br)c1ccc(Br)s1. The van der Waals surface area contributed by atoms with Crippen LogP contribution in [0.2, 0.25) is 0 Å². The van der Waals surface area contributed by atoms with Crippen molar-refractivity contribution in [2.24, 2.45) is 0 Å². The van der Waals surface area contributed by atoms with Crippen LogP contribution in [-0.4, -0.2) is 0 Å². The summed E-state index contributed by atoms with van der Waals surface area (Å²) in [6.07, 6.45) is 5.21. The molecule has 1 heterocycles. The maximum atomic E-state index is 3.72. The van der Waals surface area contributed by atoms with E-state index in [-0.39, 0.29) is 0 Å². The highest BCUT2D eigenvalue weighted by atomic mass is 79.9. The summed E-state index contributed by atoms with van der Waals surface area (Å²) in [7, 11) is 0. The van der Waals surface area contributed by atoms with Crippen LogP contribution in [0.3, 0.4) is 0 Å². The fourth-order valence-electron chi connectivity index (χ4n) is 1.21. The van der Waals surface area contributed by atoms with E-state index in [0.29, 0.717) is 4.83 Å². The van der Waals surface area contributed by atoms with Gasteiger partial charge in [-0.1, -0.05) is 42.1 Å². The lowest BCUT2D eigenvalue weighted by Crippen LogP contribution is -1.85. The highest BCUT2D eigenvalue weighted by molar-refractivity contribution is 9.11. The highest BCUT2D eigenvalue weighted by Crippen LogP contribution is 2.35. The third-order valence-corrected chi connectivity index (χ3v) is 4.96. The fraction of sp³-hybridized carbons (Fsp3) is 0.600. The molecule has 3 heteroatoms. The molecule has 0 radical (unpaired) electrons. The van der Waals surface area contributed by atoms with Crippen LogP contribution in [-0.2, 0) is 0 Å². The number of halogens is 2. The molecule has 0 saturated heterocycles. The first kappa shape index (κ1) is 11.7. The Balaban J connectivity index is 2.35. The first-order chi connectivity index (χ1) is 6.24. The quantitative estimate of drug-likeness (QED) is 0.493. The summed E-state index contributed by atoms with van der Waals surface area (Å²) < 4.78 is 1.22.